The molecule has 190 valence electrons. The van der Waals surface area contributed by atoms with Crippen LogP contribution in [-0.2, 0) is 19.1 Å². The van der Waals surface area contributed by atoms with Crippen molar-refractivity contribution in [2.75, 3.05) is 0 Å². The van der Waals surface area contributed by atoms with E-state index in [1.807, 2.05) is 6.92 Å². The summed E-state index contributed by atoms with van der Waals surface area (Å²) in [6.45, 7) is 4.33. The lowest BCUT2D eigenvalue weighted by Gasteiger charge is -2.60. The summed E-state index contributed by atoms with van der Waals surface area (Å²) in [5.74, 6) is -2.16. The minimum Gasteiger partial charge on any atom is -0.459 e. The molecule has 0 aromatic carbocycles. The molecule has 0 spiro atoms. The van der Waals surface area contributed by atoms with E-state index in [2.05, 4.69) is 0 Å². The molecule has 4 aliphatic carbocycles. The van der Waals surface area contributed by atoms with Crippen LogP contribution >= 0.6 is 0 Å². The second-order valence-electron chi connectivity index (χ2n) is 10.8. The molecule has 0 radical (unpaired) electrons. The van der Waals surface area contributed by atoms with Gasteiger partial charge in [-0.3, -0.25) is 9.59 Å². The zero-order valence-corrected chi connectivity index (χ0v) is 19.0. The van der Waals surface area contributed by atoms with Crippen LogP contribution in [0.25, 0.3) is 0 Å². The van der Waals surface area contributed by atoms with Crippen LogP contribution in [0.2, 0.25) is 0 Å². The Bertz CT molecular complexity index is 774. The molecule has 0 saturated heterocycles. The molecule has 11 heteroatoms. The van der Waals surface area contributed by atoms with Crippen LogP contribution < -0.4 is 0 Å². The minimum absolute atomic E-state index is 0.0133. The van der Waals surface area contributed by atoms with Gasteiger partial charge in [-0.2, -0.15) is 26.3 Å². The van der Waals surface area contributed by atoms with Crippen LogP contribution in [0.15, 0.2) is 0 Å². The summed E-state index contributed by atoms with van der Waals surface area (Å²) in [6.07, 6.45) is -9.53. The Morgan fingerprint density at radius 2 is 1.48 bits per heavy atom. The molecule has 4 saturated carbocycles. The van der Waals surface area contributed by atoms with Gasteiger partial charge in [0.05, 0.1) is 11.3 Å². The van der Waals surface area contributed by atoms with Gasteiger partial charge in [-0.25, -0.2) is 0 Å². The van der Waals surface area contributed by atoms with Crippen molar-refractivity contribution in [3.8, 4) is 0 Å². The molecular weight excluding hydrogens is 458 g/mol. The Morgan fingerprint density at radius 1 is 1.00 bits per heavy atom. The average molecular weight is 488 g/mol. The van der Waals surface area contributed by atoms with Crippen LogP contribution in [0.4, 0.5) is 26.3 Å². The fourth-order valence-corrected chi connectivity index (χ4v) is 6.27. The van der Waals surface area contributed by atoms with Crippen molar-refractivity contribution in [2.45, 2.75) is 102 Å². The number of hydrogen-bond acceptors (Lipinski definition) is 5. The normalized spacial score (nSPS) is 33.1. The molecule has 5 nitrogen and oxygen atoms in total. The maximum Gasteiger partial charge on any atom is 0.430 e. The molecule has 4 bridgehead atoms. The number of ether oxygens (including phenoxy) is 2. The molecule has 3 atom stereocenters. The van der Waals surface area contributed by atoms with Crippen LogP contribution in [0.5, 0.6) is 0 Å². The number of alkyl halides is 6. The zero-order valence-electron chi connectivity index (χ0n) is 19.0. The zero-order chi connectivity index (χ0) is 25.3. The Hall–Kier alpha value is -1.52. The van der Waals surface area contributed by atoms with E-state index in [9.17, 15) is 41.0 Å². The van der Waals surface area contributed by atoms with Crippen LogP contribution in [0.3, 0.4) is 0 Å². The maximum absolute atomic E-state index is 13.4. The van der Waals surface area contributed by atoms with Crippen molar-refractivity contribution in [3.63, 3.8) is 0 Å². The highest BCUT2D eigenvalue weighted by Crippen LogP contribution is 2.64. The third-order valence-electron chi connectivity index (χ3n) is 7.81. The maximum atomic E-state index is 13.4. The first-order valence-corrected chi connectivity index (χ1v) is 11.1. The summed E-state index contributed by atoms with van der Waals surface area (Å²) in [6, 6.07) is 0. The number of esters is 2. The van der Waals surface area contributed by atoms with Gasteiger partial charge in [0.15, 0.2) is 5.60 Å². The van der Waals surface area contributed by atoms with Crippen LogP contribution in [-0.4, -0.2) is 46.2 Å². The standard InChI is InChI=1S/C22H30F6O5/c1-5-12(2)15(29)32-19-9-13-6-14(10-19)8-18(7-13,11-19)16(30)33-17(3,4)20(31,21(23,24)25)22(26,27)28/h12-14,31H,5-11H2,1-4H3. The first kappa shape index (κ1) is 26.1. The Kier molecular flexibility index (Phi) is 6.12. The molecule has 3 unspecified atom stereocenters. The van der Waals surface area contributed by atoms with Gasteiger partial charge in [-0.15, -0.1) is 0 Å². The Morgan fingerprint density at radius 3 is 1.91 bits per heavy atom. The number of carbonyl (C=O) groups is 2. The summed E-state index contributed by atoms with van der Waals surface area (Å²) < 4.78 is 91.1. The second kappa shape index (κ2) is 7.75. The molecule has 0 aromatic rings. The number of halogens is 6. The highest BCUT2D eigenvalue weighted by Gasteiger charge is 2.79. The molecule has 0 heterocycles. The molecule has 0 aliphatic heterocycles. The Labute approximate surface area is 188 Å². The molecule has 0 aromatic heterocycles. The SMILES string of the molecule is CCC(C)C(=O)OC12CC3CC(C1)CC(C(=O)OC(C)(C)C(O)(C(F)(F)F)C(F)(F)F)(C3)C2. The van der Waals surface area contributed by atoms with E-state index >= 15 is 0 Å². The third-order valence-corrected chi connectivity index (χ3v) is 7.81. The van der Waals surface area contributed by atoms with E-state index in [1.165, 1.54) is 0 Å². The summed E-state index contributed by atoms with van der Waals surface area (Å²) in [4.78, 5) is 25.7. The number of carbonyl (C=O) groups excluding carboxylic acids is 2. The van der Waals surface area contributed by atoms with Crippen molar-refractivity contribution in [1.29, 1.82) is 0 Å². The van der Waals surface area contributed by atoms with E-state index in [0.29, 0.717) is 33.1 Å². The molecule has 4 fully saturated rings. The predicted octanol–water partition coefficient (Wildman–Crippen LogP) is 5.09. The molecular formula is C22H30F6O5. The van der Waals surface area contributed by atoms with E-state index in [1.54, 1.807) is 6.92 Å². The summed E-state index contributed by atoms with van der Waals surface area (Å²) in [5.41, 5.74) is -11.0. The first-order chi connectivity index (χ1) is 14.8. The third kappa shape index (κ3) is 4.12. The van der Waals surface area contributed by atoms with Gasteiger partial charge in [0.25, 0.3) is 5.60 Å². The summed E-state index contributed by atoms with van der Waals surface area (Å²) in [7, 11) is 0. The van der Waals surface area contributed by atoms with E-state index < -0.39 is 46.5 Å². The molecule has 1 N–H and O–H groups in total. The van der Waals surface area contributed by atoms with Crippen molar-refractivity contribution in [1.82, 2.24) is 0 Å². The van der Waals surface area contributed by atoms with Crippen molar-refractivity contribution < 1.29 is 50.5 Å². The average Bonchev–Trinajstić information content (AvgIpc) is 2.62. The van der Waals surface area contributed by atoms with Crippen molar-refractivity contribution in [2.24, 2.45) is 23.2 Å². The topological polar surface area (TPSA) is 72.8 Å². The highest BCUT2D eigenvalue weighted by molar-refractivity contribution is 5.79. The fourth-order valence-electron chi connectivity index (χ4n) is 6.27. The van der Waals surface area contributed by atoms with Crippen molar-refractivity contribution >= 4 is 11.9 Å². The Balaban J connectivity index is 1.90. The summed E-state index contributed by atoms with van der Waals surface area (Å²) in [5, 5.41) is 9.80. The van der Waals surface area contributed by atoms with Gasteiger partial charge in [0.1, 0.15) is 5.60 Å². The van der Waals surface area contributed by atoms with E-state index in [0.717, 1.165) is 6.42 Å². The quantitative estimate of drug-likeness (QED) is 0.417. The number of hydrogen-bond donors (Lipinski definition) is 1. The minimum atomic E-state index is -6.14. The lowest BCUT2D eigenvalue weighted by molar-refractivity contribution is -0.408. The molecule has 0 amide bonds. The molecule has 4 rings (SSSR count). The van der Waals surface area contributed by atoms with Crippen LogP contribution in [0, 0.1) is 23.2 Å². The molecule has 33 heavy (non-hydrogen) atoms. The number of aliphatic hydroxyl groups is 1. The van der Waals surface area contributed by atoms with E-state index in [4.69, 9.17) is 9.47 Å². The number of rotatable bonds is 6. The molecule has 4 aliphatic rings. The van der Waals surface area contributed by atoms with Gasteiger partial charge in [0, 0.05) is 6.42 Å². The van der Waals surface area contributed by atoms with Gasteiger partial charge in [-0.1, -0.05) is 13.8 Å². The summed E-state index contributed by atoms with van der Waals surface area (Å²) >= 11 is 0. The largest absolute Gasteiger partial charge is 0.459 e. The monoisotopic (exact) mass is 488 g/mol. The van der Waals surface area contributed by atoms with Crippen molar-refractivity contribution in [3.05, 3.63) is 0 Å². The van der Waals surface area contributed by atoms with Gasteiger partial charge in [0.2, 0.25) is 0 Å². The van der Waals surface area contributed by atoms with Gasteiger partial charge >= 0.3 is 24.3 Å². The smallest absolute Gasteiger partial charge is 0.430 e. The lowest BCUT2D eigenvalue weighted by atomic mass is 9.48. The van der Waals surface area contributed by atoms with E-state index in [-0.39, 0.29) is 37.0 Å². The van der Waals surface area contributed by atoms with Gasteiger partial charge < -0.3 is 14.6 Å². The highest BCUT2D eigenvalue weighted by atomic mass is 19.4. The fraction of sp³-hybridized carbons (Fsp3) is 0.909. The lowest BCUT2D eigenvalue weighted by Crippen LogP contribution is -2.70. The first-order valence-electron chi connectivity index (χ1n) is 11.1. The second-order valence-corrected chi connectivity index (χ2v) is 10.8. The van der Waals surface area contributed by atoms with Gasteiger partial charge in [-0.05, 0) is 64.2 Å². The predicted molar refractivity (Wildman–Crippen MR) is 103 cm³/mol. The van der Waals surface area contributed by atoms with Crippen LogP contribution in [0.1, 0.15) is 72.6 Å².